The van der Waals surface area contributed by atoms with Gasteiger partial charge in [0, 0.05) is 6.20 Å². The third-order valence-electron chi connectivity index (χ3n) is 2.82. The molecule has 0 aliphatic rings. The molecule has 0 fully saturated rings. The summed E-state index contributed by atoms with van der Waals surface area (Å²) in [6.45, 7) is 4.52. The largest absolute Gasteiger partial charge is 0.461 e. The number of carbonyl (C=O) groups excluding carboxylic acids is 1. The molecule has 1 heterocycles. The molecule has 1 aromatic carbocycles. The van der Waals surface area contributed by atoms with Gasteiger partial charge >= 0.3 is 5.97 Å². The van der Waals surface area contributed by atoms with E-state index in [2.05, 4.69) is 18.9 Å². The van der Waals surface area contributed by atoms with Crippen LogP contribution in [0.5, 0.6) is 0 Å². The number of halogens is 1. The maximum atomic E-state index is 12.8. The molecule has 0 amide bonds. The topological polar surface area (TPSA) is 44.1 Å². The summed E-state index contributed by atoms with van der Waals surface area (Å²) < 4.78 is 19.5. The molecule has 0 aliphatic heterocycles. The lowest BCUT2D eigenvalue weighted by atomic mass is 10.1. The van der Waals surface area contributed by atoms with E-state index in [1.165, 1.54) is 16.8 Å². The molecule has 0 radical (unpaired) electrons. The fourth-order valence-corrected chi connectivity index (χ4v) is 1.63. The highest BCUT2D eigenvalue weighted by molar-refractivity contribution is 5.87. The summed E-state index contributed by atoms with van der Waals surface area (Å²) in [5.74, 6) is -0.264. The molecule has 2 rings (SSSR count). The van der Waals surface area contributed by atoms with Crippen LogP contribution in [0.15, 0.2) is 36.5 Å². The zero-order valence-corrected chi connectivity index (χ0v) is 11.5. The molecule has 5 heteroatoms. The number of esters is 1. The standard InChI is InChI=1S/C15H17FN2O2/c1-11(2)8-10-20-15(19)14-7-9-18(17-14)13-5-3-12(16)4-6-13/h3-7,9,11H,8,10H2,1-2H3. The second-order valence-corrected chi connectivity index (χ2v) is 4.94. The lowest BCUT2D eigenvalue weighted by molar-refractivity contribution is 0.0480. The maximum absolute atomic E-state index is 12.8. The Hall–Kier alpha value is -2.17. The first kappa shape index (κ1) is 14.2. The fourth-order valence-electron chi connectivity index (χ4n) is 1.63. The van der Waals surface area contributed by atoms with Crippen LogP contribution >= 0.6 is 0 Å². The molecule has 4 nitrogen and oxygen atoms in total. The van der Waals surface area contributed by atoms with E-state index in [9.17, 15) is 9.18 Å². The first-order chi connectivity index (χ1) is 9.56. The Labute approximate surface area is 117 Å². The molecule has 0 bridgehead atoms. The number of benzene rings is 1. The van der Waals surface area contributed by atoms with E-state index in [0.717, 1.165) is 6.42 Å². The van der Waals surface area contributed by atoms with Crippen molar-refractivity contribution in [2.45, 2.75) is 20.3 Å². The van der Waals surface area contributed by atoms with E-state index in [4.69, 9.17) is 4.74 Å². The molecular formula is C15H17FN2O2. The zero-order valence-electron chi connectivity index (χ0n) is 11.5. The predicted molar refractivity (Wildman–Crippen MR) is 73.3 cm³/mol. The van der Waals surface area contributed by atoms with Crippen LogP contribution in [0.1, 0.15) is 30.8 Å². The number of hydrogen-bond donors (Lipinski definition) is 0. The lowest BCUT2D eigenvalue weighted by Crippen LogP contribution is -2.09. The van der Waals surface area contributed by atoms with Gasteiger partial charge in [0.1, 0.15) is 5.82 Å². The van der Waals surface area contributed by atoms with Gasteiger partial charge in [-0.15, -0.1) is 0 Å². The first-order valence-electron chi connectivity index (χ1n) is 6.55. The van der Waals surface area contributed by atoms with Gasteiger partial charge in [0.05, 0.1) is 12.3 Å². The minimum atomic E-state index is -0.438. The summed E-state index contributed by atoms with van der Waals surface area (Å²) >= 11 is 0. The van der Waals surface area contributed by atoms with Crippen LogP contribution in [-0.4, -0.2) is 22.4 Å². The van der Waals surface area contributed by atoms with Crippen molar-refractivity contribution in [3.8, 4) is 5.69 Å². The van der Waals surface area contributed by atoms with Gasteiger partial charge in [0.25, 0.3) is 0 Å². The summed E-state index contributed by atoms with van der Waals surface area (Å²) in [5, 5.41) is 4.13. The number of rotatable bonds is 5. The number of aromatic nitrogens is 2. The molecule has 0 atom stereocenters. The maximum Gasteiger partial charge on any atom is 0.358 e. The first-order valence-corrected chi connectivity index (χ1v) is 6.55. The van der Waals surface area contributed by atoms with Crippen LogP contribution in [0.2, 0.25) is 0 Å². The van der Waals surface area contributed by atoms with Crippen molar-refractivity contribution in [2.24, 2.45) is 5.92 Å². The van der Waals surface area contributed by atoms with Crippen LogP contribution in [-0.2, 0) is 4.74 Å². The second-order valence-electron chi connectivity index (χ2n) is 4.94. The van der Waals surface area contributed by atoms with Gasteiger partial charge in [-0.3, -0.25) is 0 Å². The van der Waals surface area contributed by atoms with E-state index >= 15 is 0 Å². The van der Waals surface area contributed by atoms with Crippen LogP contribution in [0.25, 0.3) is 5.69 Å². The third kappa shape index (κ3) is 3.66. The van der Waals surface area contributed by atoms with Gasteiger partial charge in [-0.05, 0) is 42.7 Å². The Bertz CT molecular complexity index is 576. The summed E-state index contributed by atoms with van der Waals surface area (Å²) in [4.78, 5) is 11.8. The molecule has 0 saturated carbocycles. The quantitative estimate of drug-likeness (QED) is 0.788. The van der Waals surface area contributed by atoms with E-state index in [-0.39, 0.29) is 11.5 Å². The molecule has 0 saturated heterocycles. The van der Waals surface area contributed by atoms with E-state index < -0.39 is 5.97 Å². The van der Waals surface area contributed by atoms with Crippen LogP contribution in [0.4, 0.5) is 4.39 Å². The summed E-state index contributed by atoms with van der Waals surface area (Å²) in [7, 11) is 0. The van der Waals surface area contributed by atoms with Crippen LogP contribution < -0.4 is 0 Å². The average molecular weight is 276 g/mol. The average Bonchev–Trinajstić information content (AvgIpc) is 2.88. The SMILES string of the molecule is CC(C)CCOC(=O)c1ccn(-c2ccc(F)cc2)n1. The molecule has 1 aromatic heterocycles. The van der Waals surface area contributed by atoms with Gasteiger partial charge in [-0.25, -0.2) is 13.9 Å². The van der Waals surface area contributed by atoms with E-state index in [1.54, 1.807) is 24.4 Å². The highest BCUT2D eigenvalue weighted by atomic mass is 19.1. The molecule has 2 aromatic rings. The van der Waals surface area contributed by atoms with Crippen LogP contribution in [0, 0.1) is 11.7 Å². The van der Waals surface area contributed by atoms with Crippen molar-refractivity contribution < 1.29 is 13.9 Å². The minimum absolute atomic E-state index is 0.248. The highest BCUT2D eigenvalue weighted by Crippen LogP contribution is 2.10. The van der Waals surface area contributed by atoms with Crippen molar-refractivity contribution in [2.75, 3.05) is 6.61 Å². The normalized spacial score (nSPS) is 10.8. The molecule has 0 aliphatic carbocycles. The highest BCUT2D eigenvalue weighted by Gasteiger charge is 2.11. The van der Waals surface area contributed by atoms with Crippen molar-refractivity contribution in [1.29, 1.82) is 0 Å². The van der Waals surface area contributed by atoms with Gasteiger partial charge in [0.2, 0.25) is 0 Å². The molecule has 0 unspecified atom stereocenters. The molecule has 0 spiro atoms. The van der Waals surface area contributed by atoms with Crippen LogP contribution in [0.3, 0.4) is 0 Å². The lowest BCUT2D eigenvalue weighted by Gasteiger charge is -2.05. The Morgan fingerprint density at radius 2 is 2.00 bits per heavy atom. The fraction of sp³-hybridized carbons (Fsp3) is 0.333. The third-order valence-corrected chi connectivity index (χ3v) is 2.82. The minimum Gasteiger partial charge on any atom is -0.461 e. The molecule has 106 valence electrons. The van der Waals surface area contributed by atoms with Crippen molar-refractivity contribution in [1.82, 2.24) is 9.78 Å². The van der Waals surface area contributed by atoms with E-state index in [0.29, 0.717) is 18.2 Å². The van der Waals surface area contributed by atoms with Crippen molar-refractivity contribution >= 4 is 5.97 Å². The van der Waals surface area contributed by atoms with Gasteiger partial charge in [-0.1, -0.05) is 13.8 Å². The predicted octanol–water partition coefficient (Wildman–Crippen LogP) is 3.21. The monoisotopic (exact) mass is 276 g/mol. The molecule has 0 N–H and O–H groups in total. The number of hydrogen-bond acceptors (Lipinski definition) is 3. The van der Waals surface area contributed by atoms with Gasteiger partial charge < -0.3 is 4.74 Å². The Morgan fingerprint density at radius 3 is 2.65 bits per heavy atom. The van der Waals surface area contributed by atoms with Crippen molar-refractivity contribution in [3.05, 3.63) is 48.0 Å². The zero-order chi connectivity index (χ0) is 14.5. The van der Waals surface area contributed by atoms with E-state index in [1.807, 2.05) is 0 Å². The van der Waals surface area contributed by atoms with Gasteiger partial charge in [0.15, 0.2) is 5.69 Å². The van der Waals surface area contributed by atoms with Gasteiger partial charge in [-0.2, -0.15) is 5.10 Å². The molecule has 20 heavy (non-hydrogen) atoms. The smallest absolute Gasteiger partial charge is 0.358 e. The number of carbonyl (C=O) groups is 1. The summed E-state index contributed by atoms with van der Waals surface area (Å²) in [6.07, 6.45) is 2.47. The Balaban J connectivity index is 2.01. The number of ether oxygens (including phenoxy) is 1. The number of nitrogens with zero attached hydrogens (tertiary/aromatic N) is 2. The summed E-state index contributed by atoms with van der Waals surface area (Å²) in [6, 6.07) is 7.46. The summed E-state index contributed by atoms with van der Waals surface area (Å²) in [5.41, 5.74) is 0.936. The molecular weight excluding hydrogens is 259 g/mol. The Morgan fingerprint density at radius 1 is 1.30 bits per heavy atom. The van der Waals surface area contributed by atoms with Crippen molar-refractivity contribution in [3.63, 3.8) is 0 Å². The Kier molecular flexibility index (Phi) is 4.50. The second kappa shape index (κ2) is 6.32.